The Kier molecular flexibility index (Phi) is 5.60. The Bertz CT molecular complexity index is 1060. The van der Waals surface area contributed by atoms with Crippen LogP contribution in [-0.2, 0) is 11.0 Å². The Morgan fingerprint density at radius 2 is 1.76 bits per heavy atom. The number of aromatic nitrogens is 2. The molecule has 3 aromatic rings. The average molecular weight is 424 g/mol. The summed E-state index contributed by atoms with van der Waals surface area (Å²) in [5.74, 6) is -1.81. The number of carbonyl (C=O) groups is 2. The van der Waals surface area contributed by atoms with Crippen molar-refractivity contribution in [1.82, 2.24) is 15.1 Å². The number of halogens is 4. The summed E-state index contributed by atoms with van der Waals surface area (Å²) < 4.78 is 40.8. The predicted octanol–water partition coefficient (Wildman–Crippen LogP) is 4.03. The molecule has 10 heteroatoms. The number of rotatable bonds is 5. The van der Waals surface area contributed by atoms with Crippen molar-refractivity contribution in [3.8, 4) is 16.9 Å². The second kappa shape index (κ2) is 7.96. The SMILES string of the molecule is O=C(O)CNC(=O)c1ccc(-c2cc(C(F)(F)F)nn2-c2ccccc2Cl)cc1. The minimum absolute atomic E-state index is 0.128. The first-order chi connectivity index (χ1) is 13.7. The molecule has 0 fully saturated rings. The molecule has 0 unspecified atom stereocenters. The summed E-state index contributed by atoms with van der Waals surface area (Å²) >= 11 is 6.13. The molecule has 1 amide bonds. The number of aliphatic carboxylic acids is 1. The van der Waals surface area contributed by atoms with E-state index in [1.807, 2.05) is 0 Å². The van der Waals surface area contributed by atoms with Gasteiger partial charge in [-0.15, -0.1) is 0 Å². The van der Waals surface area contributed by atoms with Crippen LogP contribution in [0.15, 0.2) is 54.6 Å². The van der Waals surface area contributed by atoms with E-state index in [-0.39, 0.29) is 22.0 Å². The lowest BCUT2D eigenvalue weighted by molar-refractivity contribution is -0.141. The van der Waals surface area contributed by atoms with Crippen LogP contribution in [0.1, 0.15) is 16.1 Å². The van der Waals surface area contributed by atoms with E-state index in [2.05, 4.69) is 10.4 Å². The van der Waals surface area contributed by atoms with Crippen LogP contribution >= 0.6 is 11.6 Å². The third-order valence-electron chi connectivity index (χ3n) is 3.92. The molecule has 0 spiro atoms. The van der Waals surface area contributed by atoms with Gasteiger partial charge in [-0.05, 0) is 30.3 Å². The maximum atomic E-state index is 13.2. The molecule has 3 rings (SSSR count). The van der Waals surface area contributed by atoms with Crippen LogP contribution in [0.3, 0.4) is 0 Å². The van der Waals surface area contributed by atoms with Crippen molar-refractivity contribution in [2.75, 3.05) is 6.54 Å². The monoisotopic (exact) mass is 423 g/mol. The van der Waals surface area contributed by atoms with Crippen molar-refractivity contribution in [2.45, 2.75) is 6.18 Å². The zero-order valence-corrected chi connectivity index (χ0v) is 15.3. The van der Waals surface area contributed by atoms with E-state index >= 15 is 0 Å². The third kappa shape index (κ3) is 4.57. The number of benzene rings is 2. The molecule has 1 heterocycles. The number of nitrogens with one attached hydrogen (secondary N) is 1. The number of para-hydroxylation sites is 1. The molecule has 0 aliphatic carbocycles. The molecule has 0 atom stereocenters. The molecule has 0 bridgehead atoms. The second-order valence-electron chi connectivity index (χ2n) is 5.93. The van der Waals surface area contributed by atoms with Crippen molar-refractivity contribution < 1.29 is 27.9 Å². The fourth-order valence-electron chi connectivity index (χ4n) is 2.58. The molecule has 2 aromatic carbocycles. The van der Waals surface area contributed by atoms with Gasteiger partial charge in [0.25, 0.3) is 5.91 Å². The zero-order chi connectivity index (χ0) is 21.2. The van der Waals surface area contributed by atoms with Gasteiger partial charge >= 0.3 is 12.1 Å². The van der Waals surface area contributed by atoms with Crippen LogP contribution in [0.4, 0.5) is 13.2 Å². The van der Waals surface area contributed by atoms with Gasteiger partial charge in [-0.25, -0.2) is 4.68 Å². The van der Waals surface area contributed by atoms with Crippen molar-refractivity contribution in [2.24, 2.45) is 0 Å². The minimum atomic E-state index is -4.65. The smallest absolute Gasteiger partial charge is 0.435 e. The molecule has 6 nitrogen and oxygen atoms in total. The summed E-state index contributed by atoms with van der Waals surface area (Å²) in [5, 5.41) is 14.7. The topological polar surface area (TPSA) is 84.2 Å². The van der Waals surface area contributed by atoms with E-state index in [1.165, 1.54) is 36.4 Å². The molecular formula is C19H13ClF3N3O3. The highest BCUT2D eigenvalue weighted by Crippen LogP contribution is 2.34. The van der Waals surface area contributed by atoms with Crippen molar-refractivity contribution in [3.05, 3.63) is 70.9 Å². The van der Waals surface area contributed by atoms with Crippen LogP contribution in [0.5, 0.6) is 0 Å². The lowest BCUT2D eigenvalue weighted by Crippen LogP contribution is -2.29. The molecule has 0 radical (unpaired) electrons. The Labute approximate surface area is 167 Å². The number of carboxylic acids is 1. The normalized spacial score (nSPS) is 11.3. The van der Waals surface area contributed by atoms with E-state index in [9.17, 15) is 22.8 Å². The van der Waals surface area contributed by atoms with Crippen LogP contribution in [0.25, 0.3) is 16.9 Å². The van der Waals surface area contributed by atoms with Gasteiger partial charge in [0.15, 0.2) is 5.69 Å². The summed E-state index contributed by atoms with van der Waals surface area (Å²) in [6.07, 6.45) is -4.65. The van der Waals surface area contributed by atoms with E-state index in [0.29, 0.717) is 5.56 Å². The Morgan fingerprint density at radius 3 is 2.34 bits per heavy atom. The predicted molar refractivity (Wildman–Crippen MR) is 99.0 cm³/mol. The molecular weight excluding hydrogens is 411 g/mol. The Morgan fingerprint density at radius 1 is 1.10 bits per heavy atom. The van der Waals surface area contributed by atoms with E-state index in [0.717, 1.165) is 10.7 Å². The van der Waals surface area contributed by atoms with Gasteiger partial charge < -0.3 is 10.4 Å². The molecule has 150 valence electrons. The number of hydrogen-bond donors (Lipinski definition) is 2. The van der Waals surface area contributed by atoms with Gasteiger partial charge in [0.1, 0.15) is 6.54 Å². The first-order valence-electron chi connectivity index (χ1n) is 8.19. The van der Waals surface area contributed by atoms with Crippen LogP contribution < -0.4 is 5.32 Å². The first-order valence-corrected chi connectivity index (χ1v) is 8.57. The number of nitrogens with zero attached hydrogens (tertiary/aromatic N) is 2. The van der Waals surface area contributed by atoms with Crippen LogP contribution in [0, 0.1) is 0 Å². The first kappa shape index (κ1) is 20.4. The highest BCUT2D eigenvalue weighted by molar-refractivity contribution is 6.32. The lowest BCUT2D eigenvalue weighted by Gasteiger charge is -2.10. The van der Waals surface area contributed by atoms with E-state index < -0.39 is 30.3 Å². The van der Waals surface area contributed by atoms with Crippen LogP contribution in [0.2, 0.25) is 5.02 Å². The zero-order valence-electron chi connectivity index (χ0n) is 14.6. The fourth-order valence-corrected chi connectivity index (χ4v) is 2.80. The third-order valence-corrected chi connectivity index (χ3v) is 4.24. The standard InChI is InChI=1S/C19H13ClF3N3O3/c20-13-3-1-2-4-14(13)26-15(9-16(25-26)19(21,22)23)11-5-7-12(8-6-11)18(29)24-10-17(27)28/h1-9H,10H2,(H,24,29)(H,27,28). The van der Waals surface area contributed by atoms with E-state index in [1.54, 1.807) is 12.1 Å². The molecule has 2 N–H and O–H groups in total. The molecule has 0 aliphatic rings. The van der Waals surface area contributed by atoms with Gasteiger partial charge in [-0.3, -0.25) is 9.59 Å². The molecule has 0 saturated carbocycles. The summed E-state index contributed by atoms with van der Waals surface area (Å²) in [7, 11) is 0. The summed E-state index contributed by atoms with van der Waals surface area (Å²) in [6.45, 7) is -0.547. The van der Waals surface area contributed by atoms with Gasteiger partial charge in [0.2, 0.25) is 0 Å². The highest BCUT2D eigenvalue weighted by Gasteiger charge is 2.35. The number of alkyl halides is 3. The van der Waals surface area contributed by atoms with Crippen molar-refractivity contribution >= 4 is 23.5 Å². The quantitative estimate of drug-likeness (QED) is 0.649. The number of carbonyl (C=O) groups excluding carboxylic acids is 1. The fraction of sp³-hybridized carbons (Fsp3) is 0.105. The summed E-state index contributed by atoms with van der Waals surface area (Å²) in [6, 6.07) is 12.9. The average Bonchev–Trinajstić information content (AvgIpc) is 3.12. The summed E-state index contributed by atoms with van der Waals surface area (Å²) in [4.78, 5) is 22.4. The van der Waals surface area contributed by atoms with Gasteiger partial charge in [0.05, 0.1) is 16.4 Å². The van der Waals surface area contributed by atoms with Gasteiger partial charge in [-0.1, -0.05) is 35.9 Å². The highest BCUT2D eigenvalue weighted by atomic mass is 35.5. The molecule has 0 aliphatic heterocycles. The lowest BCUT2D eigenvalue weighted by atomic mass is 10.1. The molecule has 1 aromatic heterocycles. The van der Waals surface area contributed by atoms with Gasteiger partial charge in [-0.2, -0.15) is 18.3 Å². The van der Waals surface area contributed by atoms with Crippen molar-refractivity contribution in [1.29, 1.82) is 0 Å². The summed E-state index contributed by atoms with van der Waals surface area (Å²) in [5.41, 5.74) is -0.167. The van der Waals surface area contributed by atoms with E-state index in [4.69, 9.17) is 16.7 Å². The maximum Gasteiger partial charge on any atom is 0.435 e. The largest absolute Gasteiger partial charge is 0.480 e. The number of carboxylic acid groups (broad SMARTS) is 1. The van der Waals surface area contributed by atoms with Gasteiger partial charge in [0, 0.05) is 11.1 Å². The molecule has 0 saturated heterocycles. The Hall–Kier alpha value is -3.33. The minimum Gasteiger partial charge on any atom is -0.480 e. The Balaban J connectivity index is 2.02. The van der Waals surface area contributed by atoms with Crippen LogP contribution in [-0.4, -0.2) is 33.3 Å². The van der Waals surface area contributed by atoms with Crippen molar-refractivity contribution in [3.63, 3.8) is 0 Å². The second-order valence-corrected chi connectivity index (χ2v) is 6.34. The number of hydrogen-bond acceptors (Lipinski definition) is 3. The maximum absolute atomic E-state index is 13.2. The molecule has 29 heavy (non-hydrogen) atoms. The number of amides is 1.